The molecule has 1 amide bonds. The number of nitrogens with one attached hydrogen (secondary N) is 1. The van der Waals surface area contributed by atoms with Gasteiger partial charge in [0.2, 0.25) is 0 Å². The zero-order valence-corrected chi connectivity index (χ0v) is 13.2. The smallest absolute Gasteiger partial charge is 0.416 e. The van der Waals surface area contributed by atoms with Crippen molar-refractivity contribution in [1.29, 1.82) is 0 Å². The van der Waals surface area contributed by atoms with Gasteiger partial charge in [-0.05, 0) is 30.3 Å². The van der Waals surface area contributed by atoms with E-state index in [0.717, 1.165) is 0 Å². The van der Waals surface area contributed by atoms with Crippen LogP contribution in [0.4, 0.5) is 26.3 Å². The molecular formula is C16H13F6NO3. The first-order chi connectivity index (χ1) is 12.0. The molecule has 1 heterocycles. The predicted molar refractivity (Wildman–Crippen MR) is 77.2 cm³/mol. The maximum Gasteiger partial charge on any atom is 0.416 e. The maximum absolute atomic E-state index is 12.8. The monoisotopic (exact) mass is 381 g/mol. The second kappa shape index (κ2) is 7.40. The molecular weight excluding hydrogens is 368 g/mol. The van der Waals surface area contributed by atoms with Crippen LogP contribution in [0, 0.1) is 0 Å². The fraction of sp³-hybridized carbons (Fsp3) is 0.312. The highest BCUT2D eigenvalue weighted by atomic mass is 19.4. The molecule has 0 aliphatic carbocycles. The van der Waals surface area contributed by atoms with Gasteiger partial charge in [-0.2, -0.15) is 26.3 Å². The molecule has 10 heteroatoms. The highest BCUT2D eigenvalue weighted by molar-refractivity contribution is 5.94. The number of halogens is 6. The quantitative estimate of drug-likeness (QED) is 0.780. The van der Waals surface area contributed by atoms with E-state index in [9.17, 15) is 31.1 Å². The lowest BCUT2D eigenvalue weighted by Crippen LogP contribution is -2.29. The number of carbonyl (C=O) groups excluding carboxylic acids is 1. The molecule has 0 fully saturated rings. The van der Waals surface area contributed by atoms with Crippen LogP contribution >= 0.6 is 0 Å². The van der Waals surface area contributed by atoms with Gasteiger partial charge < -0.3 is 14.5 Å². The molecule has 2 aromatic rings. The van der Waals surface area contributed by atoms with Gasteiger partial charge in [0.25, 0.3) is 5.91 Å². The molecule has 0 radical (unpaired) electrons. The highest BCUT2D eigenvalue weighted by Crippen LogP contribution is 2.36. The third kappa shape index (κ3) is 4.78. The molecule has 0 saturated heterocycles. The number of methoxy groups -OCH3 is 1. The standard InChI is InChI=1S/C16H13F6NO3/c1-25-13(12-3-2-4-26-12)8-23-14(24)9-5-10(15(17,18)19)7-11(6-9)16(20,21)22/h2-7,13H,8H2,1H3,(H,23,24). The molecule has 0 aliphatic rings. The summed E-state index contributed by atoms with van der Waals surface area (Å²) in [7, 11) is 1.31. The Morgan fingerprint density at radius 3 is 2.12 bits per heavy atom. The van der Waals surface area contributed by atoms with Crippen molar-refractivity contribution in [2.45, 2.75) is 18.5 Å². The van der Waals surface area contributed by atoms with Gasteiger partial charge >= 0.3 is 12.4 Å². The van der Waals surface area contributed by atoms with E-state index in [1.54, 1.807) is 12.1 Å². The zero-order chi connectivity index (χ0) is 19.5. The Morgan fingerprint density at radius 2 is 1.69 bits per heavy atom. The summed E-state index contributed by atoms with van der Waals surface area (Å²) < 4.78 is 87.1. The van der Waals surface area contributed by atoms with Crippen LogP contribution in [0.3, 0.4) is 0 Å². The number of furan rings is 1. The summed E-state index contributed by atoms with van der Waals surface area (Å²) in [6, 6.07) is 3.79. The molecule has 0 spiro atoms. The second-order valence-corrected chi connectivity index (χ2v) is 5.24. The summed E-state index contributed by atoms with van der Waals surface area (Å²) in [6.45, 7) is -0.208. The number of amides is 1. The summed E-state index contributed by atoms with van der Waals surface area (Å²) in [4.78, 5) is 12.1. The van der Waals surface area contributed by atoms with Gasteiger partial charge in [-0.1, -0.05) is 0 Å². The molecule has 2 rings (SSSR count). The molecule has 1 unspecified atom stereocenters. The van der Waals surface area contributed by atoms with Crippen LogP contribution in [-0.4, -0.2) is 19.6 Å². The largest absolute Gasteiger partial charge is 0.467 e. The lowest BCUT2D eigenvalue weighted by atomic mass is 10.0. The molecule has 1 aromatic carbocycles. The molecule has 1 aromatic heterocycles. The van der Waals surface area contributed by atoms with Crippen molar-refractivity contribution >= 4 is 5.91 Å². The Labute approximate surface area is 143 Å². The number of benzene rings is 1. The fourth-order valence-electron chi connectivity index (χ4n) is 2.15. The number of rotatable bonds is 5. The Kier molecular flexibility index (Phi) is 5.65. The van der Waals surface area contributed by atoms with Crippen LogP contribution in [0.2, 0.25) is 0 Å². The van der Waals surface area contributed by atoms with Crippen LogP contribution in [0.15, 0.2) is 41.0 Å². The summed E-state index contributed by atoms with van der Waals surface area (Å²) in [5.41, 5.74) is -3.89. The van der Waals surface area contributed by atoms with E-state index in [-0.39, 0.29) is 12.6 Å². The summed E-state index contributed by atoms with van der Waals surface area (Å²) in [6.07, 6.45) is -9.45. The fourth-order valence-corrected chi connectivity index (χ4v) is 2.15. The zero-order valence-electron chi connectivity index (χ0n) is 13.2. The minimum Gasteiger partial charge on any atom is -0.467 e. The number of hydrogen-bond acceptors (Lipinski definition) is 3. The molecule has 1 atom stereocenters. The minimum absolute atomic E-state index is 0.0441. The first-order valence-corrected chi connectivity index (χ1v) is 7.16. The van der Waals surface area contributed by atoms with Gasteiger partial charge in [0.1, 0.15) is 11.9 Å². The molecule has 4 nitrogen and oxygen atoms in total. The van der Waals surface area contributed by atoms with Crippen LogP contribution in [0.1, 0.15) is 33.3 Å². The van der Waals surface area contributed by atoms with Crippen LogP contribution < -0.4 is 5.32 Å². The van der Waals surface area contributed by atoms with E-state index in [0.29, 0.717) is 17.9 Å². The topological polar surface area (TPSA) is 51.5 Å². The molecule has 0 bridgehead atoms. The molecule has 0 aliphatic heterocycles. The summed E-state index contributed by atoms with van der Waals surface area (Å²) >= 11 is 0. The van der Waals surface area contributed by atoms with Crippen molar-refractivity contribution in [3.05, 3.63) is 59.0 Å². The van der Waals surface area contributed by atoms with Crippen molar-refractivity contribution in [2.24, 2.45) is 0 Å². The van der Waals surface area contributed by atoms with Gasteiger partial charge in [0, 0.05) is 12.7 Å². The Hall–Kier alpha value is -2.49. The summed E-state index contributed by atoms with van der Waals surface area (Å²) in [5, 5.41) is 2.24. The van der Waals surface area contributed by atoms with E-state index in [2.05, 4.69) is 5.32 Å². The maximum atomic E-state index is 12.8. The Balaban J connectivity index is 2.24. The lowest BCUT2D eigenvalue weighted by molar-refractivity contribution is -0.143. The first-order valence-electron chi connectivity index (χ1n) is 7.16. The normalized spacial score (nSPS) is 13.5. The highest BCUT2D eigenvalue weighted by Gasteiger charge is 2.37. The van der Waals surface area contributed by atoms with Gasteiger partial charge in [0.05, 0.1) is 23.9 Å². The average molecular weight is 381 g/mol. The van der Waals surface area contributed by atoms with Gasteiger partial charge in [0.15, 0.2) is 0 Å². The Morgan fingerprint density at radius 1 is 1.12 bits per heavy atom. The van der Waals surface area contributed by atoms with Gasteiger partial charge in [-0.25, -0.2) is 0 Å². The van der Waals surface area contributed by atoms with Crippen molar-refractivity contribution < 1.29 is 40.3 Å². The lowest BCUT2D eigenvalue weighted by Gasteiger charge is -2.16. The first kappa shape index (κ1) is 19.8. The van der Waals surface area contributed by atoms with Crippen LogP contribution in [-0.2, 0) is 17.1 Å². The number of carbonyl (C=O) groups is 1. The van der Waals surface area contributed by atoms with Gasteiger partial charge in [-0.3, -0.25) is 4.79 Å². The predicted octanol–water partition coefficient (Wildman–Crippen LogP) is 4.43. The minimum atomic E-state index is -5.03. The van der Waals surface area contributed by atoms with Crippen molar-refractivity contribution in [3.63, 3.8) is 0 Å². The van der Waals surface area contributed by atoms with E-state index in [1.165, 1.54) is 13.4 Å². The number of alkyl halides is 6. The molecule has 26 heavy (non-hydrogen) atoms. The van der Waals surface area contributed by atoms with Crippen LogP contribution in [0.5, 0.6) is 0 Å². The van der Waals surface area contributed by atoms with E-state index in [1.807, 2.05) is 0 Å². The van der Waals surface area contributed by atoms with E-state index < -0.39 is 41.1 Å². The SMILES string of the molecule is COC(CNC(=O)c1cc(C(F)(F)F)cc(C(F)(F)F)c1)c1ccco1. The second-order valence-electron chi connectivity index (χ2n) is 5.24. The number of ether oxygens (including phenoxy) is 1. The van der Waals surface area contributed by atoms with Crippen LogP contribution in [0.25, 0.3) is 0 Å². The number of hydrogen-bond donors (Lipinski definition) is 1. The van der Waals surface area contributed by atoms with Crippen molar-refractivity contribution in [3.8, 4) is 0 Å². The third-order valence-corrected chi connectivity index (χ3v) is 3.44. The van der Waals surface area contributed by atoms with Gasteiger partial charge in [-0.15, -0.1) is 0 Å². The van der Waals surface area contributed by atoms with E-state index >= 15 is 0 Å². The molecule has 0 saturated carbocycles. The summed E-state index contributed by atoms with van der Waals surface area (Å²) in [5.74, 6) is -0.761. The van der Waals surface area contributed by atoms with Crippen molar-refractivity contribution in [2.75, 3.05) is 13.7 Å². The van der Waals surface area contributed by atoms with Crippen molar-refractivity contribution in [1.82, 2.24) is 5.32 Å². The van der Waals surface area contributed by atoms with E-state index in [4.69, 9.17) is 9.15 Å². The Bertz CT molecular complexity index is 720. The average Bonchev–Trinajstić information content (AvgIpc) is 3.07. The molecule has 1 N–H and O–H groups in total. The third-order valence-electron chi connectivity index (χ3n) is 3.44. The molecule has 142 valence electrons.